The monoisotopic (exact) mass is 518 g/mol. The van der Waals surface area contributed by atoms with Gasteiger partial charge in [-0.2, -0.15) is 0 Å². The zero-order chi connectivity index (χ0) is 27.4. The number of nitrogens with one attached hydrogen (secondary N) is 1. The number of hydrogen-bond donors (Lipinski definition) is 1. The fraction of sp³-hybridized carbons (Fsp3) is 0.355. The van der Waals surface area contributed by atoms with Crippen molar-refractivity contribution in [1.29, 1.82) is 0 Å². The van der Waals surface area contributed by atoms with Crippen LogP contribution in [0.2, 0.25) is 0 Å². The molecule has 2 amide bonds. The van der Waals surface area contributed by atoms with Crippen LogP contribution >= 0.6 is 0 Å². The average molecular weight is 519 g/mol. The van der Waals surface area contributed by atoms with Crippen molar-refractivity contribution < 1.29 is 23.8 Å². The van der Waals surface area contributed by atoms with Crippen LogP contribution in [0.25, 0.3) is 0 Å². The van der Waals surface area contributed by atoms with Crippen molar-refractivity contribution in [2.45, 2.75) is 59.1 Å². The molecular formula is C31H38N2O5. The summed E-state index contributed by atoms with van der Waals surface area (Å²) in [4.78, 5) is 26.0. The summed E-state index contributed by atoms with van der Waals surface area (Å²) in [6, 6.07) is 24.9. The van der Waals surface area contributed by atoms with Gasteiger partial charge < -0.3 is 24.4 Å². The zero-order valence-electron chi connectivity index (χ0n) is 22.7. The SMILES string of the molecule is CCC(=O)N(Cc1ccccc1)c1ccc(Oc2ccc(OCCCCNC(=O)OC(C)(C)C)cc2)cc1. The lowest BCUT2D eigenvalue weighted by molar-refractivity contribution is -0.118. The summed E-state index contributed by atoms with van der Waals surface area (Å²) in [6.45, 7) is 9.00. The molecule has 0 radical (unpaired) electrons. The predicted octanol–water partition coefficient (Wildman–Crippen LogP) is 7.11. The van der Waals surface area contributed by atoms with Crippen LogP contribution in [0.5, 0.6) is 17.2 Å². The molecule has 0 aliphatic heterocycles. The third-order valence-corrected chi connectivity index (χ3v) is 5.50. The molecular weight excluding hydrogens is 480 g/mol. The van der Waals surface area contributed by atoms with Crippen molar-refractivity contribution in [3.63, 3.8) is 0 Å². The van der Waals surface area contributed by atoms with Crippen LogP contribution in [0.3, 0.4) is 0 Å². The van der Waals surface area contributed by atoms with Crippen LogP contribution in [0, 0.1) is 0 Å². The first kappa shape index (κ1) is 28.6. The Morgan fingerprint density at radius 2 is 1.42 bits per heavy atom. The first-order valence-corrected chi connectivity index (χ1v) is 13.1. The van der Waals surface area contributed by atoms with Gasteiger partial charge in [-0.15, -0.1) is 0 Å². The Bertz CT molecular complexity index is 1140. The molecule has 0 fully saturated rings. The second-order valence-corrected chi connectivity index (χ2v) is 9.87. The second-order valence-electron chi connectivity index (χ2n) is 9.87. The van der Waals surface area contributed by atoms with E-state index >= 15 is 0 Å². The molecule has 0 bridgehead atoms. The normalized spacial score (nSPS) is 10.9. The highest BCUT2D eigenvalue weighted by Gasteiger charge is 2.16. The molecule has 0 aromatic heterocycles. The van der Waals surface area contributed by atoms with Crippen molar-refractivity contribution in [2.75, 3.05) is 18.1 Å². The van der Waals surface area contributed by atoms with E-state index in [9.17, 15) is 9.59 Å². The molecule has 3 aromatic rings. The first-order chi connectivity index (χ1) is 18.2. The van der Waals surface area contributed by atoms with E-state index in [-0.39, 0.29) is 5.91 Å². The third-order valence-electron chi connectivity index (χ3n) is 5.50. The Kier molecular flexibility index (Phi) is 10.6. The summed E-state index contributed by atoms with van der Waals surface area (Å²) in [5.41, 5.74) is 1.41. The van der Waals surface area contributed by atoms with Crippen LogP contribution in [0.4, 0.5) is 10.5 Å². The quantitative estimate of drug-likeness (QED) is 0.259. The highest BCUT2D eigenvalue weighted by molar-refractivity contribution is 5.93. The predicted molar refractivity (Wildman–Crippen MR) is 150 cm³/mol. The number of nitrogens with zero attached hydrogens (tertiary/aromatic N) is 1. The number of anilines is 1. The molecule has 3 aromatic carbocycles. The number of carbonyl (C=O) groups excluding carboxylic acids is 2. The van der Waals surface area contributed by atoms with Crippen molar-refractivity contribution in [3.8, 4) is 17.2 Å². The average Bonchev–Trinajstić information content (AvgIpc) is 2.90. The molecule has 0 heterocycles. The molecule has 0 atom stereocenters. The van der Waals surface area contributed by atoms with E-state index in [1.165, 1.54) is 0 Å². The molecule has 1 N–H and O–H groups in total. The lowest BCUT2D eigenvalue weighted by atomic mass is 10.2. The number of rotatable bonds is 12. The van der Waals surface area contributed by atoms with Gasteiger partial charge in [0, 0.05) is 18.7 Å². The van der Waals surface area contributed by atoms with Gasteiger partial charge in [0.15, 0.2) is 0 Å². The topological polar surface area (TPSA) is 77.1 Å². The Hall–Kier alpha value is -4.00. The van der Waals surface area contributed by atoms with Crippen molar-refractivity contribution in [2.24, 2.45) is 0 Å². The van der Waals surface area contributed by atoms with Gasteiger partial charge in [0.2, 0.25) is 5.91 Å². The molecule has 0 saturated carbocycles. The molecule has 0 aliphatic carbocycles. The van der Waals surface area contributed by atoms with Crippen LogP contribution in [-0.4, -0.2) is 30.8 Å². The standard InChI is InChI=1S/C31H38N2O5/c1-5-29(34)33(23-24-11-7-6-8-12-24)25-13-15-27(16-14-25)37-28-19-17-26(18-20-28)36-22-10-9-21-32-30(35)38-31(2,3)4/h6-8,11-20H,5,9-10,21-23H2,1-4H3,(H,32,35). The lowest BCUT2D eigenvalue weighted by Crippen LogP contribution is -2.33. The molecule has 0 aliphatic rings. The highest BCUT2D eigenvalue weighted by Crippen LogP contribution is 2.27. The number of ether oxygens (including phenoxy) is 3. The molecule has 7 heteroatoms. The van der Waals surface area contributed by atoms with Crippen LogP contribution in [0.15, 0.2) is 78.9 Å². The Morgan fingerprint density at radius 1 is 0.816 bits per heavy atom. The maximum absolute atomic E-state index is 12.6. The lowest BCUT2D eigenvalue weighted by Gasteiger charge is -2.23. The number of benzene rings is 3. The summed E-state index contributed by atoms with van der Waals surface area (Å²) in [7, 11) is 0. The van der Waals surface area contributed by atoms with E-state index < -0.39 is 11.7 Å². The van der Waals surface area contributed by atoms with E-state index in [0.717, 1.165) is 29.8 Å². The number of alkyl carbamates (subject to hydrolysis) is 1. The van der Waals surface area contributed by atoms with Gasteiger partial charge in [-0.1, -0.05) is 37.3 Å². The van der Waals surface area contributed by atoms with Crippen LogP contribution in [-0.2, 0) is 16.1 Å². The minimum atomic E-state index is -0.495. The van der Waals surface area contributed by atoms with Gasteiger partial charge in [0.25, 0.3) is 0 Å². The van der Waals surface area contributed by atoms with Gasteiger partial charge in [-0.05, 0) is 87.7 Å². The van der Waals surface area contributed by atoms with Crippen molar-refractivity contribution in [1.82, 2.24) is 5.32 Å². The molecule has 0 saturated heterocycles. The fourth-order valence-corrected chi connectivity index (χ4v) is 3.64. The molecule has 0 unspecified atom stereocenters. The summed E-state index contributed by atoms with van der Waals surface area (Å²) in [6.07, 6.45) is 1.64. The van der Waals surface area contributed by atoms with Gasteiger partial charge >= 0.3 is 6.09 Å². The largest absolute Gasteiger partial charge is 0.494 e. The number of hydrogen-bond acceptors (Lipinski definition) is 5. The summed E-state index contributed by atoms with van der Waals surface area (Å²) >= 11 is 0. The number of unbranched alkanes of at least 4 members (excludes halogenated alkanes) is 1. The summed E-state index contributed by atoms with van der Waals surface area (Å²) in [5, 5.41) is 2.74. The molecule has 202 valence electrons. The van der Waals surface area contributed by atoms with Crippen LogP contribution in [0.1, 0.15) is 52.5 Å². The van der Waals surface area contributed by atoms with E-state index in [2.05, 4.69) is 5.32 Å². The first-order valence-electron chi connectivity index (χ1n) is 13.1. The highest BCUT2D eigenvalue weighted by atomic mass is 16.6. The number of amides is 2. The van der Waals surface area contributed by atoms with E-state index in [1.807, 2.05) is 107 Å². The summed E-state index contributed by atoms with van der Waals surface area (Å²) < 4.78 is 17.0. The summed E-state index contributed by atoms with van der Waals surface area (Å²) in [5.74, 6) is 2.20. The van der Waals surface area contributed by atoms with Crippen LogP contribution < -0.4 is 19.7 Å². The molecule has 3 rings (SSSR count). The zero-order valence-corrected chi connectivity index (χ0v) is 22.7. The minimum absolute atomic E-state index is 0.0670. The molecule has 38 heavy (non-hydrogen) atoms. The van der Waals surface area contributed by atoms with E-state index in [1.54, 1.807) is 4.90 Å². The maximum atomic E-state index is 12.6. The van der Waals surface area contributed by atoms with Gasteiger partial charge in [-0.3, -0.25) is 4.79 Å². The second kappa shape index (κ2) is 14.1. The third kappa shape index (κ3) is 9.81. The maximum Gasteiger partial charge on any atom is 0.407 e. The Labute approximate surface area is 225 Å². The van der Waals surface area contributed by atoms with Crippen molar-refractivity contribution >= 4 is 17.7 Å². The fourth-order valence-electron chi connectivity index (χ4n) is 3.64. The molecule has 7 nitrogen and oxygen atoms in total. The van der Waals surface area contributed by atoms with Gasteiger partial charge in [0.05, 0.1) is 13.2 Å². The van der Waals surface area contributed by atoms with E-state index in [0.29, 0.717) is 37.6 Å². The molecule has 0 spiro atoms. The minimum Gasteiger partial charge on any atom is -0.494 e. The van der Waals surface area contributed by atoms with Gasteiger partial charge in [0.1, 0.15) is 22.8 Å². The Morgan fingerprint density at radius 3 is 2.03 bits per heavy atom. The smallest absolute Gasteiger partial charge is 0.407 e. The Balaban J connectivity index is 1.44. The number of carbonyl (C=O) groups is 2. The van der Waals surface area contributed by atoms with Crippen molar-refractivity contribution in [3.05, 3.63) is 84.4 Å². The van der Waals surface area contributed by atoms with Gasteiger partial charge in [-0.25, -0.2) is 4.79 Å². The van der Waals surface area contributed by atoms with E-state index in [4.69, 9.17) is 14.2 Å².